The smallest absolute Gasteiger partial charge is 0.243 e. The Balaban J connectivity index is 1.95. The number of nitrogens with zero attached hydrogens (tertiary/aromatic N) is 1. The normalized spacial score (nSPS) is 12.1. The van der Waals surface area contributed by atoms with E-state index in [1.54, 1.807) is 23.1 Å². The van der Waals surface area contributed by atoms with Crippen LogP contribution >= 0.6 is 35.0 Å². The molecule has 0 aliphatic rings. The molecule has 184 valence electrons. The highest BCUT2D eigenvalue weighted by atomic mass is 35.5. The van der Waals surface area contributed by atoms with E-state index in [-0.39, 0.29) is 24.1 Å². The SMILES string of the molecule is CC(C)(C)NC(=O)[C@@H](Cc1ccccc1)N(Cc1ccc(Cl)cc1Cl)C(=O)CSc1ccccc1. The van der Waals surface area contributed by atoms with E-state index in [4.69, 9.17) is 23.2 Å². The molecule has 1 atom stereocenters. The Hall–Kier alpha value is -2.47. The molecule has 35 heavy (non-hydrogen) atoms. The number of hydrogen-bond acceptors (Lipinski definition) is 3. The van der Waals surface area contributed by atoms with Crippen LogP contribution in [0.25, 0.3) is 0 Å². The first kappa shape index (κ1) is 27.1. The summed E-state index contributed by atoms with van der Waals surface area (Å²) in [6, 6.07) is 24.0. The Bertz CT molecular complexity index is 1130. The average molecular weight is 530 g/mol. The zero-order chi connectivity index (χ0) is 25.4. The molecule has 0 heterocycles. The summed E-state index contributed by atoms with van der Waals surface area (Å²) in [4.78, 5) is 29.8. The Labute approximate surface area is 222 Å². The molecule has 3 aromatic rings. The number of benzene rings is 3. The Morgan fingerprint density at radius 1 is 0.943 bits per heavy atom. The molecule has 0 saturated heterocycles. The van der Waals surface area contributed by atoms with Crippen LogP contribution in [-0.4, -0.2) is 34.0 Å². The van der Waals surface area contributed by atoms with Crippen molar-refractivity contribution in [1.29, 1.82) is 0 Å². The lowest BCUT2D eigenvalue weighted by Crippen LogP contribution is -2.54. The van der Waals surface area contributed by atoms with Crippen molar-refractivity contribution in [2.75, 3.05) is 5.75 Å². The van der Waals surface area contributed by atoms with Gasteiger partial charge in [-0.25, -0.2) is 0 Å². The zero-order valence-corrected chi connectivity index (χ0v) is 22.5. The van der Waals surface area contributed by atoms with Crippen LogP contribution in [0.15, 0.2) is 83.8 Å². The topological polar surface area (TPSA) is 49.4 Å². The second kappa shape index (κ2) is 12.5. The molecule has 1 N–H and O–H groups in total. The monoisotopic (exact) mass is 528 g/mol. The van der Waals surface area contributed by atoms with Crippen LogP contribution in [0.5, 0.6) is 0 Å². The second-order valence-electron chi connectivity index (χ2n) is 9.30. The first-order valence-corrected chi connectivity index (χ1v) is 13.1. The molecule has 0 unspecified atom stereocenters. The highest BCUT2D eigenvalue weighted by molar-refractivity contribution is 8.00. The number of carbonyl (C=O) groups excluding carboxylic acids is 2. The summed E-state index contributed by atoms with van der Waals surface area (Å²) in [6.45, 7) is 5.98. The minimum atomic E-state index is -0.716. The van der Waals surface area contributed by atoms with Crippen molar-refractivity contribution in [2.24, 2.45) is 0 Å². The van der Waals surface area contributed by atoms with Crippen LogP contribution in [-0.2, 0) is 22.6 Å². The van der Waals surface area contributed by atoms with Gasteiger partial charge in [-0.05, 0) is 56.2 Å². The number of carbonyl (C=O) groups is 2. The Kier molecular flexibility index (Phi) is 9.67. The molecule has 0 aliphatic carbocycles. The van der Waals surface area contributed by atoms with Gasteiger partial charge in [0, 0.05) is 33.4 Å². The minimum Gasteiger partial charge on any atom is -0.350 e. The summed E-state index contributed by atoms with van der Waals surface area (Å²) in [7, 11) is 0. The van der Waals surface area contributed by atoms with Crippen molar-refractivity contribution in [3.8, 4) is 0 Å². The van der Waals surface area contributed by atoms with E-state index >= 15 is 0 Å². The van der Waals surface area contributed by atoms with E-state index in [9.17, 15) is 9.59 Å². The van der Waals surface area contributed by atoms with Crippen molar-refractivity contribution >= 4 is 46.8 Å². The molecule has 0 aliphatic heterocycles. The van der Waals surface area contributed by atoms with Crippen LogP contribution < -0.4 is 5.32 Å². The number of rotatable bonds is 9. The van der Waals surface area contributed by atoms with E-state index in [0.717, 1.165) is 16.0 Å². The first-order chi connectivity index (χ1) is 16.6. The van der Waals surface area contributed by atoms with Gasteiger partial charge in [0.15, 0.2) is 0 Å². The van der Waals surface area contributed by atoms with Gasteiger partial charge >= 0.3 is 0 Å². The molecular weight excluding hydrogens is 499 g/mol. The van der Waals surface area contributed by atoms with Crippen molar-refractivity contribution in [3.05, 3.63) is 100 Å². The van der Waals surface area contributed by atoms with Gasteiger partial charge in [0.2, 0.25) is 11.8 Å². The molecular formula is C28H30Cl2N2O2S. The van der Waals surface area contributed by atoms with Crippen LogP contribution in [0.2, 0.25) is 10.0 Å². The molecule has 4 nitrogen and oxygen atoms in total. The fraction of sp³-hybridized carbons (Fsp3) is 0.286. The summed E-state index contributed by atoms with van der Waals surface area (Å²) < 4.78 is 0. The third-order valence-electron chi connectivity index (χ3n) is 5.23. The molecule has 3 aromatic carbocycles. The van der Waals surface area contributed by atoms with Crippen molar-refractivity contribution in [1.82, 2.24) is 10.2 Å². The van der Waals surface area contributed by atoms with Crippen LogP contribution in [0.3, 0.4) is 0 Å². The van der Waals surface area contributed by atoms with E-state index in [1.807, 2.05) is 81.4 Å². The first-order valence-electron chi connectivity index (χ1n) is 11.4. The van der Waals surface area contributed by atoms with Gasteiger partial charge in [-0.3, -0.25) is 9.59 Å². The van der Waals surface area contributed by atoms with Crippen molar-refractivity contribution in [3.63, 3.8) is 0 Å². The fourth-order valence-electron chi connectivity index (χ4n) is 3.59. The minimum absolute atomic E-state index is 0.144. The molecule has 0 bridgehead atoms. The molecule has 7 heteroatoms. The molecule has 3 rings (SSSR count). The quantitative estimate of drug-likeness (QED) is 0.316. The predicted octanol–water partition coefficient (Wildman–Crippen LogP) is 6.64. The largest absolute Gasteiger partial charge is 0.350 e. The van der Waals surface area contributed by atoms with Gasteiger partial charge in [-0.15, -0.1) is 11.8 Å². The lowest BCUT2D eigenvalue weighted by Gasteiger charge is -2.34. The summed E-state index contributed by atoms with van der Waals surface area (Å²) in [5.74, 6) is -0.150. The van der Waals surface area contributed by atoms with Gasteiger partial charge in [0.1, 0.15) is 6.04 Å². The third kappa shape index (κ3) is 8.60. The molecule has 0 radical (unpaired) electrons. The standard InChI is InChI=1S/C28H30Cl2N2O2S/c1-28(2,3)31-27(34)25(16-20-10-6-4-7-11-20)32(18-21-14-15-22(29)17-24(21)30)26(33)19-35-23-12-8-5-9-13-23/h4-15,17,25H,16,18-19H2,1-3H3,(H,31,34)/t25-/m1/s1. The van der Waals surface area contributed by atoms with Gasteiger partial charge in [0.05, 0.1) is 5.75 Å². The summed E-state index contributed by atoms with van der Waals surface area (Å²) in [5.41, 5.74) is 1.25. The van der Waals surface area contributed by atoms with Crippen molar-refractivity contribution in [2.45, 2.75) is 50.2 Å². The summed E-state index contributed by atoms with van der Waals surface area (Å²) in [6.07, 6.45) is 0.385. The maximum atomic E-state index is 13.7. The van der Waals surface area contributed by atoms with E-state index in [0.29, 0.717) is 16.5 Å². The lowest BCUT2D eigenvalue weighted by molar-refractivity contribution is -0.140. The van der Waals surface area contributed by atoms with Gasteiger partial charge < -0.3 is 10.2 Å². The fourth-order valence-corrected chi connectivity index (χ4v) is 4.86. The second-order valence-corrected chi connectivity index (χ2v) is 11.2. The zero-order valence-electron chi connectivity index (χ0n) is 20.1. The molecule has 0 saturated carbocycles. The lowest BCUT2D eigenvalue weighted by atomic mass is 10.0. The van der Waals surface area contributed by atoms with Crippen LogP contribution in [0.1, 0.15) is 31.9 Å². The molecule has 0 fully saturated rings. The number of hydrogen-bond donors (Lipinski definition) is 1. The highest BCUT2D eigenvalue weighted by Crippen LogP contribution is 2.26. The Morgan fingerprint density at radius 2 is 1.57 bits per heavy atom. The molecule has 0 spiro atoms. The average Bonchev–Trinajstić information content (AvgIpc) is 2.81. The molecule has 2 amide bonds. The van der Waals surface area contributed by atoms with Gasteiger partial charge in [-0.1, -0.05) is 77.8 Å². The van der Waals surface area contributed by atoms with Gasteiger partial charge in [0.25, 0.3) is 0 Å². The van der Waals surface area contributed by atoms with E-state index in [2.05, 4.69) is 5.32 Å². The third-order valence-corrected chi connectivity index (χ3v) is 6.81. The van der Waals surface area contributed by atoms with Crippen molar-refractivity contribution < 1.29 is 9.59 Å². The Morgan fingerprint density at radius 3 is 2.17 bits per heavy atom. The maximum Gasteiger partial charge on any atom is 0.243 e. The van der Waals surface area contributed by atoms with E-state index < -0.39 is 11.6 Å². The van der Waals surface area contributed by atoms with Gasteiger partial charge in [-0.2, -0.15) is 0 Å². The highest BCUT2D eigenvalue weighted by Gasteiger charge is 2.32. The van der Waals surface area contributed by atoms with Crippen LogP contribution in [0.4, 0.5) is 0 Å². The van der Waals surface area contributed by atoms with E-state index in [1.165, 1.54) is 11.8 Å². The summed E-state index contributed by atoms with van der Waals surface area (Å²) >= 11 is 14.0. The molecule has 0 aromatic heterocycles. The number of amides is 2. The summed E-state index contributed by atoms with van der Waals surface area (Å²) in [5, 5.41) is 4.04. The number of nitrogens with one attached hydrogen (secondary N) is 1. The number of halogens is 2. The maximum absolute atomic E-state index is 13.7. The predicted molar refractivity (Wildman–Crippen MR) is 146 cm³/mol. The number of thioether (sulfide) groups is 1. The van der Waals surface area contributed by atoms with Crippen LogP contribution in [0, 0.1) is 0 Å².